The predicted molar refractivity (Wildman–Crippen MR) is 344 cm³/mol. The molecule has 0 amide bonds. The highest BCUT2D eigenvalue weighted by atomic mass is 16.6. The summed E-state index contributed by atoms with van der Waals surface area (Å²) >= 11 is 0. The summed E-state index contributed by atoms with van der Waals surface area (Å²) in [6.07, 6.45) is 85.7. The molecule has 1 unspecified atom stereocenters. The molecule has 462 valence electrons. The highest BCUT2D eigenvalue weighted by Crippen LogP contribution is 2.18. The Balaban J connectivity index is 4.20. The van der Waals surface area contributed by atoms with Crippen molar-refractivity contribution in [1.29, 1.82) is 0 Å². The minimum atomic E-state index is -0.772. The van der Waals surface area contributed by atoms with Gasteiger partial charge >= 0.3 is 17.9 Å². The Morgan fingerprint density at radius 3 is 0.722 bits per heavy atom. The summed E-state index contributed by atoms with van der Waals surface area (Å²) in [7, 11) is 0. The third-order valence-electron chi connectivity index (χ3n) is 15.8. The Labute approximate surface area is 492 Å². The number of allylic oxidation sites excluding steroid dienone is 8. The standard InChI is InChI=1S/C73H134O6/c1-4-7-10-13-16-19-22-24-26-28-30-32-34-35-36-37-39-40-42-44-46-48-51-54-57-60-63-66-72(75)78-69-70(68-77-71(74)65-62-59-56-53-50-21-18-15-12-9-6-3)79-73(76)67-64-61-58-55-52-49-47-45-43-41-38-33-31-29-27-25-23-20-17-14-11-8-5-2/h22,24,28-31,34-35,70H,4-21,23,25-27,32-33,36-69H2,1-3H3/b24-22-,30-28-,31-29-,35-34-. The lowest BCUT2D eigenvalue weighted by atomic mass is 10.0. The summed E-state index contributed by atoms with van der Waals surface area (Å²) in [5.74, 6) is -0.848. The molecule has 0 aromatic rings. The average Bonchev–Trinajstić information content (AvgIpc) is 3.45. The Hall–Kier alpha value is -2.63. The maximum atomic E-state index is 12.9. The van der Waals surface area contributed by atoms with Crippen LogP contribution < -0.4 is 0 Å². The molecule has 0 bridgehead atoms. The lowest BCUT2D eigenvalue weighted by molar-refractivity contribution is -0.167. The van der Waals surface area contributed by atoms with Crippen molar-refractivity contribution in [1.82, 2.24) is 0 Å². The van der Waals surface area contributed by atoms with Gasteiger partial charge in [-0.05, 0) is 83.5 Å². The zero-order valence-corrected chi connectivity index (χ0v) is 53.2. The van der Waals surface area contributed by atoms with Crippen molar-refractivity contribution >= 4 is 17.9 Å². The lowest BCUT2D eigenvalue weighted by Crippen LogP contribution is -2.30. The van der Waals surface area contributed by atoms with E-state index in [1.165, 1.54) is 270 Å². The second-order valence-electron chi connectivity index (χ2n) is 23.8. The third kappa shape index (κ3) is 66.1. The molecule has 0 heterocycles. The van der Waals surface area contributed by atoms with Gasteiger partial charge in [0.1, 0.15) is 13.2 Å². The van der Waals surface area contributed by atoms with Gasteiger partial charge in [-0.3, -0.25) is 14.4 Å². The van der Waals surface area contributed by atoms with Crippen molar-refractivity contribution in [2.24, 2.45) is 0 Å². The van der Waals surface area contributed by atoms with Crippen molar-refractivity contribution in [2.75, 3.05) is 13.2 Å². The van der Waals surface area contributed by atoms with E-state index in [9.17, 15) is 14.4 Å². The Morgan fingerprint density at radius 1 is 0.253 bits per heavy atom. The molecule has 0 aliphatic rings. The number of carbonyl (C=O) groups excluding carboxylic acids is 3. The molecule has 0 aliphatic carbocycles. The van der Waals surface area contributed by atoms with E-state index in [0.29, 0.717) is 19.3 Å². The fraction of sp³-hybridized carbons (Fsp3) is 0.849. The van der Waals surface area contributed by atoms with E-state index in [2.05, 4.69) is 69.4 Å². The topological polar surface area (TPSA) is 78.9 Å². The fourth-order valence-corrected chi connectivity index (χ4v) is 10.5. The third-order valence-corrected chi connectivity index (χ3v) is 15.8. The van der Waals surface area contributed by atoms with Crippen molar-refractivity contribution in [3.05, 3.63) is 48.6 Å². The minimum absolute atomic E-state index is 0.0692. The van der Waals surface area contributed by atoms with Gasteiger partial charge in [0, 0.05) is 19.3 Å². The van der Waals surface area contributed by atoms with Crippen LogP contribution in [0.5, 0.6) is 0 Å². The second-order valence-corrected chi connectivity index (χ2v) is 23.8. The first-order valence-corrected chi connectivity index (χ1v) is 35.1. The number of hydrogen-bond acceptors (Lipinski definition) is 6. The summed E-state index contributed by atoms with van der Waals surface area (Å²) in [5.41, 5.74) is 0. The molecule has 0 saturated carbocycles. The fourth-order valence-electron chi connectivity index (χ4n) is 10.5. The number of rotatable bonds is 65. The molecule has 0 aromatic carbocycles. The zero-order chi connectivity index (χ0) is 57.1. The molecule has 1 atom stereocenters. The number of unbranched alkanes of at least 4 members (excludes halogenated alkanes) is 46. The van der Waals surface area contributed by atoms with Crippen LogP contribution in [0.15, 0.2) is 48.6 Å². The Bertz CT molecular complexity index is 1360. The molecule has 0 aliphatic heterocycles. The highest BCUT2D eigenvalue weighted by molar-refractivity contribution is 5.71. The lowest BCUT2D eigenvalue weighted by Gasteiger charge is -2.18. The van der Waals surface area contributed by atoms with Crippen molar-refractivity contribution in [2.45, 2.75) is 386 Å². The van der Waals surface area contributed by atoms with Gasteiger partial charge in [-0.25, -0.2) is 0 Å². The molecule has 0 N–H and O–H groups in total. The maximum Gasteiger partial charge on any atom is 0.306 e. The van der Waals surface area contributed by atoms with Gasteiger partial charge in [-0.15, -0.1) is 0 Å². The first kappa shape index (κ1) is 76.4. The van der Waals surface area contributed by atoms with Crippen molar-refractivity contribution < 1.29 is 28.6 Å². The predicted octanol–water partition coefficient (Wildman–Crippen LogP) is 24.1. The van der Waals surface area contributed by atoms with Gasteiger partial charge < -0.3 is 14.2 Å². The average molecular weight is 1110 g/mol. The van der Waals surface area contributed by atoms with Gasteiger partial charge in [0.05, 0.1) is 0 Å². The number of esters is 3. The number of ether oxygens (including phenoxy) is 3. The number of carbonyl (C=O) groups is 3. The zero-order valence-electron chi connectivity index (χ0n) is 53.2. The largest absolute Gasteiger partial charge is 0.462 e. The van der Waals surface area contributed by atoms with Gasteiger partial charge in [0.15, 0.2) is 6.10 Å². The van der Waals surface area contributed by atoms with Crippen LogP contribution in [-0.4, -0.2) is 37.2 Å². The molecular formula is C73H134O6. The van der Waals surface area contributed by atoms with E-state index >= 15 is 0 Å². The van der Waals surface area contributed by atoms with E-state index in [4.69, 9.17) is 14.2 Å². The molecule has 0 saturated heterocycles. The summed E-state index contributed by atoms with van der Waals surface area (Å²) in [6, 6.07) is 0. The van der Waals surface area contributed by atoms with Crippen LogP contribution in [0.2, 0.25) is 0 Å². The highest BCUT2D eigenvalue weighted by Gasteiger charge is 2.19. The summed E-state index contributed by atoms with van der Waals surface area (Å²) in [5, 5.41) is 0. The van der Waals surface area contributed by atoms with Crippen LogP contribution in [0.1, 0.15) is 380 Å². The molecule has 0 radical (unpaired) electrons. The normalized spacial score (nSPS) is 12.3. The van der Waals surface area contributed by atoms with Gasteiger partial charge in [-0.2, -0.15) is 0 Å². The van der Waals surface area contributed by atoms with E-state index < -0.39 is 6.10 Å². The van der Waals surface area contributed by atoms with Crippen molar-refractivity contribution in [3.8, 4) is 0 Å². The Kier molecular flexibility index (Phi) is 65.6. The first-order valence-electron chi connectivity index (χ1n) is 35.1. The Morgan fingerprint density at radius 2 is 0.456 bits per heavy atom. The van der Waals surface area contributed by atoms with E-state index in [0.717, 1.165) is 70.6 Å². The molecule has 6 heteroatoms. The van der Waals surface area contributed by atoms with Crippen LogP contribution in [0, 0.1) is 0 Å². The van der Waals surface area contributed by atoms with Gasteiger partial charge in [0.25, 0.3) is 0 Å². The van der Waals surface area contributed by atoms with E-state index in [1.807, 2.05) is 0 Å². The van der Waals surface area contributed by atoms with Crippen LogP contribution in [0.25, 0.3) is 0 Å². The SMILES string of the molecule is CCCCCCC/C=C\C/C=C\C/C=C\CCCCCCCCCCCCCCC(=O)OCC(COC(=O)CCCCCCCCCCCCC)OC(=O)CCCCCCCCCCCCC/C=C\CCCCCCCCCC. The quantitative estimate of drug-likeness (QED) is 0.0261. The summed E-state index contributed by atoms with van der Waals surface area (Å²) < 4.78 is 17.0. The molecule has 6 nitrogen and oxygen atoms in total. The van der Waals surface area contributed by atoms with Gasteiger partial charge in [0.2, 0.25) is 0 Å². The van der Waals surface area contributed by atoms with Crippen LogP contribution in [-0.2, 0) is 28.6 Å². The monoisotopic (exact) mass is 1110 g/mol. The summed E-state index contributed by atoms with van der Waals surface area (Å²) in [6.45, 7) is 6.68. The maximum absolute atomic E-state index is 12.9. The minimum Gasteiger partial charge on any atom is -0.462 e. The summed E-state index contributed by atoms with van der Waals surface area (Å²) in [4.78, 5) is 38.4. The van der Waals surface area contributed by atoms with E-state index in [1.54, 1.807) is 0 Å². The van der Waals surface area contributed by atoms with Gasteiger partial charge in [-0.1, -0.05) is 326 Å². The second kappa shape index (κ2) is 67.9. The molecule has 0 rings (SSSR count). The van der Waals surface area contributed by atoms with Crippen LogP contribution >= 0.6 is 0 Å². The van der Waals surface area contributed by atoms with E-state index in [-0.39, 0.29) is 31.1 Å². The van der Waals surface area contributed by atoms with Crippen molar-refractivity contribution in [3.63, 3.8) is 0 Å². The molecular weight excluding hydrogens is 973 g/mol. The van der Waals surface area contributed by atoms with Crippen LogP contribution in [0.3, 0.4) is 0 Å². The molecule has 0 fully saturated rings. The molecule has 79 heavy (non-hydrogen) atoms. The first-order chi connectivity index (χ1) is 39.0. The smallest absolute Gasteiger partial charge is 0.306 e. The van der Waals surface area contributed by atoms with Crippen LogP contribution in [0.4, 0.5) is 0 Å². The molecule has 0 aromatic heterocycles. The molecule has 0 spiro atoms. The number of hydrogen-bond donors (Lipinski definition) is 0.